The topological polar surface area (TPSA) is 77.0 Å². The standard InChI is InChI=1S/C16H22BrNO5S/c1-21-14-8-7-12(10-13(14)17)11-15-18-24(23-22-15)9-5-3-2-4-6-16(19)20/h7-8,10-11,18,24H,2-6,9H2,1H3,(H,19,20)/b15-11-. The first-order valence-corrected chi connectivity index (χ1v) is 9.98. The van der Waals surface area contributed by atoms with E-state index in [4.69, 9.17) is 19.1 Å². The third-order valence-corrected chi connectivity index (χ3v) is 5.49. The second-order valence-corrected chi connectivity index (χ2v) is 7.76. The monoisotopic (exact) mass is 419 g/mol. The highest BCUT2D eigenvalue weighted by molar-refractivity contribution is 9.10. The van der Waals surface area contributed by atoms with Gasteiger partial charge < -0.3 is 14.7 Å². The van der Waals surface area contributed by atoms with Crippen LogP contribution in [-0.2, 0) is 14.0 Å². The molecule has 0 bridgehead atoms. The van der Waals surface area contributed by atoms with E-state index in [2.05, 4.69) is 20.7 Å². The molecule has 2 rings (SSSR count). The van der Waals surface area contributed by atoms with Crippen molar-refractivity contribution in [1.82, 2.24) is 4.72 Å². The number of hydrogen-bond donors (Lipinski definition) is 3. The summed E-state index contributed by atoms with van der Waals surface area (Å²) in [6, 6.07) is 5.76. The smallest absolute Gasteiger partial charge is 0.303 e. The Morgan fingerprint density at radius 1 is 1.38 bits per heavy atom. The van der Waals surface area contributed by atoms with Gasteiger partial charge in [0.05, 0.1) is 11.6 Å². The molecule has 0 radical (unpaired) electrons. The fraction of sp³-hybridized carbons (Fsp3) is 0.438. The van der Waals surface area contributed by atoms with Gasteiger partial charge in [0.25, 0.3) is 0 Å². The number of nitrogens with one attached hydrogen (secondary N) is 1. The average Bonchev–Trinajstić information content (AvgIpc) is 2.98. The SMILES string of the molecule is COc1ccc(/C=C2/N[SH](CCCCCCC(=O)O)OO2)cc1Br. The number of rotatable bonds is 9. The number of aliphatic carboxylic acids is 1. The maximum Gasteiger partial charge on any atom is 0.303 e. The summed E-state index contributed by atoms with van der Waals surface area (Å²) < 4.78 is 14.6. The van der Waals surface area contributed by atoms with Crippen LogP contribution in [0.1, 0.15) is 37.7 Å². The Hall–Kier alpha value is -1.38. The van der Waals surface area contributed by atoms with Crippen molar-refractivity contribution in [2.75, 3.05) is 12.9 Å². The molecule has 0 saturated carbocycles. The summed E-state index contributed by atoms with van der Waals surface area (Å²) in [4.78, 5) is 15.7. The van der Waals surface area contributed by atoms with Crippen molar-refractivity contribution >= 4 is 39.3 Å². The minimum atomic E-state index is -0.824. The summed E-state index contributed by atoms with van der Waals surface area (Å²) in [5.74, 6) is 1.53. The number of ether oxygens (including phenoxy) is 1. The lowest BCUT2D eigenvalue weighted by molar-refractivity contribution is -0.137. The van der Waals surface area contributed by atoms with Crippen molar-refractivity contribution in [3.63, 3.8) is 0 Å². The van der Waals surface area contributed by atoms with E-state index in [0.29, 0.717) is 5.88 Å². The van der Waals surface area contributed by atoms with Crippen molar-refractivity contribution < 1.29 is 23.9 Å². The van der Waals surface area contributed by atoms with Gasteiger partial charge in [0, 0.05) is 18.2 Å². The van der Waals surface area contributed by atoms with Crippen LogP contribution in [0.25, 0.3) is 6.08 Å². The summed E-state index contributed by atoms with van der Waals surface area (Å²) >= 11 is 2.63. The van der Waals surface area contributed by atoms with Crippen LogP contribution in [-0.4, -0.2) is 23.9 Å². The Kier molecular flexibility index (Phi) is 7.74. The van der Waals surface area contributed by atoms with Crippen LogP contribution < -0.4 is 9.46 Å². The zero-order chi connectivity index (χ0) is 17.4. The zero-order valence-corrected chi connectivity index (χ0v) is 15.9. The first kappa shape index (κ1) is 19.0. The van der Waals surface area contributed by atoms with E-state index < -0.39 is 17.3 Å². The lowest BCUT2D eigenvalue weighted by atomic mass is 10.2. The van der Waals surface area contributed by atoms with Crippen LogP contribution >= 0.6 is 27.3 Å². The molecule has 8 heteroatoms. The molecule has 0 amide bonds. The number of halogens is 1. The van der Waals surface area contributed by atoms with Gasteiger partial charge in [-0.3, -0.25) is 9.52 Å². The minimum absolute atomic E-state index is 0.247. The average molecular weight is 420 g/mol. The molecule has 1 aliphatic rings. The number of carboxylic acid groups (broad SMARTS) is 1. The number of carboxylic acids is 1. The maximum atomic E-state index is 10.4. The Morgan fingerprint density at radius 3 is 2.88 bits per heavy atom. The van der Waals surface area contributed by atoms with Crippen LogP contribution in [0.4, 0.5) is 0 Å². The molecule has 1 aromatic rings. The van der Waals surface area contributed by atoms with E-state index in [1.807, 2.05) is 24.3 Å². The highest BCUT2D eigenvalue weighted by Gasteiger charge is 2.17. The molecule has 1 atom stereocenters. The van der Waals surface area contributed by atoms with Crippen molar-refractivity contribution in [2.24, 2.45) is 0 Å². The normalized spacial score (nSPS) is 19.8. The van der Waals surface area contributed by atoms with Crippen molar-refractivity contribution in [2.45, 2.75) is 32.1 Å². The number of unbranched alkanes of at least 4 members (excludes halogenated alkanes) is 3. The fourth-order valence-corrected chi connectivity index (χ4v) is 4.01. The molecule has 1 unspecified atom stereocenters. The third-order valence-electron chi connectivity index (χ3n) is 3.43. The van der Waals surface area contributed by atoms with E-state index in [9.17, 15) is 4.79 Å². The Bertz CT molecular complexity index is 596. The van der Waals surface area contributed by atoms with Crippen molar-refractivity contribution in [1.29, 1.82) is 0 Å². The summed E-state index contributed by atoms with van der Waals surface area (Å²) in [5.41, 5.74) is 0.972. The van der Waals surface area contributed by atoms with Crippen molar-refractivity contribution in [3.05, 3.63) is 34.1 Å². The Morgan fingerprint density at radius 2 is 2.17 bits per heavy atom. The van der Waals surface area contributed by atoms with E-state index in [-0.39, 0.29) is 6.42 Å². The Balaban J connectivity index is 1.72. The lowest BCUT2D eigenvalue weighted by Gasteiger charge is -2.09. The van der Waals surface area contributed by atoms with Crippen LogP contribution in [0, 0.1) is 0 Å². The van der Waals surface area contributed by atoms with Gasteiger partial charge in [-0.05, 0) is 57.8 Å². The van der Waals surface area contributed by atoms with E-state index in [0.717, 1.165) is 47.2 Å². The van der Waals surface area contributed by atoms with Crippen LogP contribution in [0.3, 0.4) is 0 Å². The van der Waals surface area contributed by atoms with Gasteiger partial charge >= 0.3 is 5.97 Å². The second kappa shape index (κ2) is 9.80. The molecule has 0 aromatic heterocycles. The summed E-state index contributed by atoms with van der Waals surface area (Å²) in [6.45, 7) is 0. The van der Waals surface area contributed by atoms with Gasteiger partial charge in [-0.25, -0.2) is 0 Å². The molecule has 1 saturated heterocycles. The molecule has 1 aliphatic heterocycles. The zero-order valence-electron chi connectivity index (χ0n) is 13.5. The number of carbonyl (C=O) groups is 1. The highest BCUT2D eigenvalue weighted by atomic mass is 79.9. The molecular formula is C16H22BrNO5S. The van der Waals surface area contributed by atoms with Crippen molar-refractivity contribution in [3.8, 4) is 5.75 Å². The van der Waals surface area contributed by atoms with E-state index in [1.165, 1.54) is 0 Å². The predicted molar refractivity (Wildman–Crippen MR) is 98.6 cm³/mol. The molecular weight excluding hydrogens is 398 g/mol. The number of methoxy groups -OCH3 is 1. The first-order chi connectivity index (χ1) is 11.6. The summed E-state index contributed by atoms with van der Waals surface area (Å²) in [7, 11) is 1.63. The van der Waals surface area contributed by atoms with Crippen LogP contribution in [0.5, 0.6) is 5.75 Å². The van der Waals surface area contributed by atoms with Gasteiger partial charge in [-0.1, -0.05) is 18.9 Å². The van der Waals surface area contributed by atoms with Gasteiger partial charge in [-0.2, -0.15) is 0 Å². The van der Waals surface area contributed by atoms with Crippen LogP contribution in [0.15, 0.2) is 28.6 Å². The van der Waals surface area contributed by atoms with E-state index in [1.54, 1.807) is 7.11 Å². The minimum Gasteiger partial charge on any atom is -0.496 e. The molecule has 6 nitrogen and oxygen atoms in total. The molecule has 0 aliphatic carbocycles. The maximum absolute atomic E-state index is 10.4. The first-order valence-electron chi connectivity index (χ1n) is 7.74. The van der Waals surface area contributed by atoms with Gasteiger partial charge in [-0.15, -0.1) is 4.33 Å². The molecule has 2 N–H and O–H groups in total. The molecule has 1 heterocycles. The van der Waals surface area contributed by atoms with Gasteiger partial charge in [0.1, 0.15) is 5.75 Å². The van der Waals surface area contributed by atoms with Crippen LogP contribution in [0.2, 0.25) is 0 Å². The quantitative estimate of drug-likeness (QED) is 0.316. The molecule has 24 heavy (non-hydrogen) atoms. The van der Waals surface area contributed by atoms with Gasteiger partial charge in [0.2, 0.25) is 5.88 Å². The lowest BCUT2D eigenvalue weighted by Crippen LogP contribution is -2.03. The van der Waals surface area contributed by atoms with E-state index >= 15 is 0 Å². The summed E-state index contributed by atoms with van der Waals surface area (Å²) in [6.07, 6.45) is 5.77. The highest BCUT2D eigenvalue weighted by Crippen LogP contribution is 2.34. The Labute approximate surface area is 152 Å². The predicted octanol–water partition coefficient (Wildman–Crippen LogP) is 4.17. The second-order valence-electron chi connectivity index (χ2n) is 5.33. The largest absolute Gasteiger partial charge is 0.496 e. The third kappa shape index (κ3) is 6.26. The molecule has 134 valence electrons. The molecule has 0 spiro atoms. The number of thiol groups is 1. The van der Waals surface area contributed by atoms with Gasteiger partial charge in [0.15, 0.2) is 0 Å². The molecule has 1 fully saturated rings. The number of benzene rings is 1. The number of hydrogen-bond acceptors (Lipinski definition) is 5. The summed E-state index contributed by atoms with van der Waals surface area (Å²) in [5, 5.41) is 8.58. The molecule has 1 aromatic carbocycles. The fourth-order valence-electron chi connectivity index (χ4n) is 2.20.